The third-order valence-corrected chi connectivity index (χ3v) is 6.51. The van der Waals surface area contributed by atoms with Crippen LogP contribution in [-0.4, -0.2) is 31.0 Å². The molecule has 1 amide bonds. The largest absolute Gasteiger partial charge is 0.507 e. The number of rotatable bonds is 5. The lowest BCUT2D eigenvalue weighted by Crippen LogP contribution is -2.29. The lowest BCUT2D eigenvalue weighted by atomic mass is 9.85. The van der Waals surface area contributed by atoms with Crippen LogP contribution in [0.2, 0.25) is 0 Å². The maximum absolute atomic E-state index is 13.5. The van der Waals surface area contributed by atoms with Crippen molar-refractivity contribution >= 4 is 23.1 Å². The third kappa shape index (κ3) is 4.35. The van der Waals surface area contributed by atoms with Crippen molar-refractivity contribution in [3.8, 4) is 11.5 Å². The molecule has 1 atom stereocenters. The number of aliphatic hydroxyl groups excluding tert-OH is 1. The first kappa shape index (κ1) is 25.0. The summed E-state index contributed by atoms with van der Waals surface area (Å²) in [4.78, 5) is 28.4. The van der Waals surface area contributed by atoms with Crippen molar-refractivity contribution in [2.45, 2.75) is 39.2 Å². The van der Waals surface area contributed by atoms with Crippen LogP contribution in [-0.2, 0) is 15.0 Å². The molecule has 0 aliphatic carbocycles. The van der Waals surface area contributed by atoms with E-state index in [-0.39, 0.29) is 16.7 Å². The van der Waals surface area contributed by atoms with Gasteiger partial charge in [-0.15, -0.1) is 0 Å². The van der Waals surface area contributed by atoms with E-state index in [1.165, 1.54) is 19.1 Å². The number of anilines is 1. The number of hydrogen-bond acceptors (Lipinski definition) is 5. The number of ether oxygens (including phenoxy) is 2. The van der Waals surface area contributed by atoms with Crippen LogP contribution in [0.15, 0.2) is 72.3 Å². The number of carbonyl (C=O) groups excluding carboxylic acids is 2. The summed E-state index contributed by atoms with van der Waals surface area (Å²) in [6, 6.07) is 19.2. The zero-order chi connectivity index (χ0) is 26.2. The second kappa shape index (κ2) is 9.53. The Kier molecular flexibility index (Phi) is 6.63. The standard InChI is InChI=1S/C30H31NO5/c1-18-11-14-20(15-12-18)31-26(21-9-7-8-10-23(21)35-5)25(28(33)29(31)34)27(32)22-17-19(30(2,3)4)13-16-24(22)36-6/h7-17,26,32H,1-6H3/b27-25+. The number of Topliss-reactive ketones (excluding diaryl/α,β-unsaturated/α-hetero) is 1. The van der Waals surface area contributed by atoms with Crippen LogP contribution in [0.1, 0.15) is 49.1 Å². The summed E-state index contributed by atoms with van der Waals surface area (Å²) in [6.45, 7) is 8.13. The second-order valence-electron chi connectivity index (χ2n) is 9.91. The number of methoxy groups -OCH3 is 2. The molecule has 1 fully saturated rings. The normalized spacial score (nSPS) is 17.4. The molecule has 186 valence electrons. The van der Waals surface area contributed by atoms with E-state index >= 15 is 0 Å². The number of ketones is 1. The molecule has 0 aromatic heterocycles. The van der Waals surface area contributed by atoms with Gasteiger partial charge in [-0.25, -0.2) is 0 Å². The van der Waals surface area contributed by atoms with E-state index in [0.29, 0.717) is 28.3 Å². The number of hydrogen-bond donors (Lipinski definition) is 1. The molecule has 1 aliphatic heterocycles. The van der Waals surface area contributed by atoms with E-state index in [1.807, 2.05) is 43.3 Å². The highest BCUT2D eigenvalue weighted by atomic mass is 16.5. The average Bonchev–Trinajstić information content (AvgIpc) is 3.13. The van der Waals surface area contributed by atoms with Crippen LogP contribution in [0.5, 0.6) is 11.5 Å². The summed E-state index contributed by atoms with van der Waals surface area (Å²) in [5.74, 6) is -0.875. The van der Waals surface area contributed by atoms with E-state index in [2.05, 4.69) is 20.8 Å². The molecule has 36 heavy (non-hydrogen) atoms. The maximum Gasteiger partial charge on any atom is 0.300 e. The number of amides is 1. The minimum absolute atomic E-state index is 0.0190. The minimum atomic E-state index is -0.896. The maximum atomic E-state index is 13.5. The molecule has 4 rings (SSSR count). The number of aryl methyl sites for hydroxylation is 1. The molecule has 3 aromatic carbocycles. The fraction of sp³-hybridized carbons (Fsp3) is 0.267. The molecule has 0 spiro atoms. The van der Waals surface area contributed by atoms with Gasteiger partial charge in [0.1, 0.15) is 17.3 Å². The molecule has 0 radical (unpaired) electrons. The summed E-state index contributed by atoms with van der Waals surface area (Å²) >= 11 is 0. The van der Waals surface area contributed by atoms with Gasteiger partial charge in [-0.2, -0.15) is 0 Å². The van der Waals surface area contributed by atoms with Crippen molar-refractivity contribution in [2.75, 3.05) is 19.1 Å². The number of nitrogens with zero attached hydrogens (tertiary/aromatic N) is 1. The Labute approximate surface area is 211 Å². The summed E-state index contributed by atoms with van der Waals surface area (Å²) in [7, 11) is 3.04. The van der Waals surface area contributed by atoms with Gasteiger partial charge in [0.15, 0.2) is 0 Å². The van der Waals surface area contributed by atoms with E-state index in [0.717, 1.165) is 11.1 Å². The highest BCUT2D eigenvalue weighted by Crippen LogP contribution is 2.46. The first-order valence-electron chi connectivity index (χ1n) is 11.8. The quantitative estimate of drug-likeness (QED) is 0.275. The molecular formula is C30H31NO5. The Bertz CT molecular complexity index is 1350. The lowest BCUT2D eigenvalue weighted by molar-refractivity contribution is -0.132. The smallest absolute Gasteiger partial charge is 0.300 e. The van der Waals surface area contributed by atoms with Crippen LogP contribution < -0.4 is 14.4 Å². The van der Waals surface area contributed by atoms with Crippen molar-refractivity contribution in [1.82, 2.24) is 0 Å². The number of aliphatic hydroxyl groups is 1. The second-order valence-corrected chi connectivity index (χ2v) is 9.91. The lowest BCUT2D eigenvalue weighted by Gasteiger charge is -2.27. The zero-order valence-corrected chi connectivity index (χ0v) is 21.5. The number of carbonyl (C=O) groups is 2. The van der Waals surface area contributed by atoms with Crippen molar-refractivity contribution in [3.05, 3.63) is 94.6 Å². The highest BCUT2D eigenvalue weighted by molar-refractivity contribution is 6.51. The van der Waals surface area contributed by atoms with Gasteiger partial charge >= 0.3 is 0 Å². The van der Waals surface area contributed by atoms with Gasteiger partial charge in [-0.05, 0) is 48.2 Å². The Morgan fingerprint density at radius 2 is 1.53 bits per heavy atom. The SMILES string of the molecule is COc1ccc(C(C)(C)C)cc1/C(O)=C1\C(=O)C(=O)N(c2ccc(C)cc2)C1c1ccccc1OC. The van der Waals surface area contributed by atoms with Crippen molar-refractivity contribution in [2.24, 2.45) is 0 Å². The van der Waals surface area contributed by atoms with Crippen LogP contribution >= 0.6 is 0 Å². The van der Waals surface area contributed by atoms with Crippen LogP contribution in [0.25, 0.3) is 5.76 Å². The first-order chi connectivity index (χ1) is 17.1. The molecular weight excluding hydrogens is 454 g/mol. The van der Waals surface area contributed by atoms with Gasteiger partial charge in [0.05, 0.1) is 31.4 Å². The van der Waals surface area contributed by atoms with Gasteiger partial charge in [-0.1, -0.05) is 62.7 Å². The molecule has 1 aliphatic rings. The van der Waals surface area contributed by atoms with Gasteiger partial charge in [0.25, 0.3) is 11.7 Å². The number of para-hydroxylation sites is 1. The summed E-state index contributed by atoms with van der Waals surface area (Å²) < 4.78 is 11.1. The van der Waals surface area contributed by atoms with Crippen molar-refractivity contribution < 1.29 is 24.2 Å². The molecule has 0 saturated carbocycles. The average molecular weight is 486 g/mol. The molecule has 1 unspecified atom stereocenters. The molecule has 3 aromatic rings. The molecule has 1 saturated heterocycles. The van der Waals surface area contributed by atoms with Crippen molar-refractivity contribution in [3.63, 3.8) is 0 Å². The Balaban J connectivity index is 2.03. The van der Waals surface area contributed by atoms with E-state index in [4.69, 9.17) is 9.47 Å². The monoisotopic (exact) mass is 485 g/mol. The van der Waals surface area contributed by atoms with E-state index in [1.54, 1.807) is 30.3 Å². The summed E-state index contributed by atoms with van der Waals surface area (Å²) in [5, 5.41) is 11.7. The zero-order valence-electron chi connectivity index (χ0n) is 21.5. The fourth-order valence-electron chi connectivity index (χ4n) is 4.50. The third-order valence-electron chi connectivity index (χ3n) is 6.51. The predicted octanol–water partition coefficient (Wildman–Crippen LogP) is 5.94. The Morgan fingerprint density at radius 1 is 0.889 bits per heavy atom. The Morgan fingerprint density at radius 3 is 2.14 bits per heavy atom. The Hall–Kier alpha value is -4.06. The molecule has 1 heterocycles. The molecule has 6 nitrogen and oxygen atoms in total. The van der Waals surface area contributed by atoms with E-state index in [9.17, 15) is 14.7 Å². The molecule has 1 N–H and O–H groups in total. The van der Waals surface area contributed by atoms with Gasteiger partial charge in [-0.3, -0.25) is 14.5 Å². The van der Waals surface area contributed by atoms with Gasteiger partial charge in [0.2, 0.25) is 0 Å². The van der Waals surface area contributed by atoms with Crippen molar-refractivity contribution in [1.29, 1.82) is 0 Å². The fourth-order valence-corrected chi connectivity index (χ4v) is 4.50. The predicted molar refractivity (Wildman–Crippen MR) is 141 cm³/mol. The van der Waals surface area contributed by atoms with Gasteiger partial charge in [0, 0.05) is 11.3 Å². The van der Waals surface area contributed by atoms with Gasteiger partial charge < -0.3 is 14.6 Å². The van der Waals surface area contributed by atoms with Crippen LogP contribution in [0.3, 0.4) is 0 Å². The van der Waals surface area contributed by atoms with Crippen LogP contribution in [0, 0.1) is 6.92 Å². The summed E-state index contributed by atoms with van der Waals surface area (Å²) in [6.07, 6.45) is 0. The van der Waals surface area contributed by atoms with Crippen LogP contribution in [0.4, 0.5) is 5.69 Å². The topological polar surface area (TPSA) is 76.1 Å². The first-order valence-corrected chi connectivity index (χ1v) is 11.8. The molecule has 0 bridgehead atoms. The minimum Gasteiger partial charge on any atom is -0.507 e. The number of benzene rings is 3. The highest BCUT2D eigenvalue weighted by Gasteiger charge is 2.48. The van der Waals surface area contributed by atoms with E-state index < -0.39 is 17.7 Å². The summed E-state index contributed by atoms with van der Waals surface area (Å²) in [5.41, 5.74) is 3.23. The molecule has 6 heteroatoms.